The van der Waals surface area contributed by atoms with Crippen LogP contribution in [0.2, 0.25) is 0 Å². The molecule has 0 fully saturated rings. The van der Waals surface area contributed by atoms with Gasteiger partial charge >= 0.3 is 6.09 Å². The van der Waals surface area contributed by atoms with Crippen molar-refractivity contribution in [2.45, 2.75) is 207 Å². The van der Waals surface area contributed by atoms with E-state index in [2.05, 4.69) is 19.2 Å². The van der Waals surface area contributed by atoms with E-state index in [1.54, 1.807) is 0 Å². The summed E-state index contributed by atoms with van der Waals surface area (Å²) in [6, 6.07) is 0. The van der Waals surface area contributed by atoms with Crippen LogP contribution in [0.5, 0.6) is 0 Å². The summed E-state index contributed by atoms with van der Waals surface area (Å²) in [5.41, 5.74) is -0.295. The largest absolute Gasteiger partial charge is 0.449 e. The number of hydrogen-bond acceptors (Lipinski definition) is 5. The minimum Gasteiger partial charge on any atom is -0.449 e. The summed E-state index contributed by atoms with van der Waals surface area (Å²) in [5, 5.41) is 2.89. The van der Waals surface area contributed by atoms with Gasteiger partial charge in [-0.15, -0.1) is 0 Å². The van der Waals surface area contributed by atoms with Gasteiger partial charge in [-0.05, 0) is 33.6 Å². The van der Waals surface area contributed by atoms with Crippen molar-refractivity contribution in [2.24, 2.45) is 0 Å². The van der Waals surface area contributed by atoms with Gasteiger partial charge in [0, 0.05) is 32.8 Å². The SMILES string of the molecule is CCCCCCCCCCCCCCOCC(CNC(=O)OCCC(C)(C)OCC)OCCCCCCCCCCCCCC. The van der Waals surface area contributed by atoms with Crippen LogP contribution in [0.15, 0.2) is 0 Å². The normalized spacial score (nSPS) is 12.5. The van der Waals surface area contributed by atoms with Crippen molar-refractivity contribution >= 4 is 6.09 Å². The molecule has 0 saturated heterocycles. The summed E-state index contributed by atoms with van der Waals surface area (Å²) >= 11 is 0. The molecule has 1 amide bonds. The Bertz CT molecular complexity index is 600. The summed E-state index contributed by atoms with van der Waals surface area (Å²) in [6.45, 7) is 13.9. The van der Waals surface area contributed by atoms with E-state index in [1.165, 1.54) is 141 Å². The quantitative estimate of drug-likeness (QED) is 0.0690. The fourth-order valence-corrected chi connectivity index (χ4v) is 5.72. The zero-order valence-electron chi connectivity index (χ0n) is 31.0. The molecule has 270 valence electrons. The van der Waals surface area contributed by atoms with Crippen LogP contribution in [0.4, 0.5) is 4.79 Å². The molecule has 0 spiro atoms. The Morgan fingerprint density at radius 3 is 1.44 bits per heavy atom. The molecule has 0 heterocycles. The molecule has 6 heteroatoms. The van der Waals surface area contributed by atoms with Crippen LogP contribution >= 0.6 is 0 Å². The van der Waals surface area contributed by atoms with E-state index in [-0.39, 0.29) is 11.7 Å². The number of hydrogen-bond donors (Lipinski definition) is 1. The highest BCUT2D eigenvalue weighted by molar-refractivity contribution is 5.67. The maximum atomic E-state index is 12.3. The lowest BCUT2D eigenvalue weighted by atomic mass is 10.1. The van der Waals surface area contributed by atoms with Gasteiger partial charge in [0.1, 0.15) is 0 Å². The van der Waals surface area contributed by atoms with Crippen molar-refractivity contribution in [2.75, 3.05) is 39.6 Å². The summed E-state index contributed by atoms with van der Waals surface area (Å²) in [7, 11) is 0. The smallest absolute Gasteiger partial charge is 0.407 e. The predicted octanol–water partition coefficient (Wildman–Crippen LogP) is 11.7. The molecule has 1 atom stereocenters. The number of ether oxygens (including phenoxy) is 4. The minimum atomic E-state index is -0.401. The van der Waals surface area contributed by atoms with Crippen LogP contribution < -0.4 is 5.32 Å². The molecule has 0 aromatic heterocycles. The topological polar surface area (TPSA) is 66.0 Å². The summed E-state index contributed by atoms with van der Waals surface area (Å²) in [4.78, 5) is 12.3. The fourth-order valence-electron chi connectivity index (χ4n) is 5.72. The van der Waals surface area contributed by atoms with Gasteiger partial charge in [-0.25, -0.2) is 4.79 Å². The van der Waals surface area contributed by atoms with Gasteiger partial charge in [-0.2, -0.15) is 0 Å². The highest BCUT2D eigenvalue weighted by Crippen LogP contribution is 2.15. The first-order chi connectivity index (χ1) is 21.9. The predicted molar refractivity (Wildman–Crippen MR) is 192 cm³/mol. The summed E-state index contributed by atoms with van der Waals surface area (Å²) in [6.07, 6.45) is 32.1. The maximum Gasteiger partial charge on any atom is 0.407 e. The van der Waals surface area contributed by atoms with Crippen LogP contribution in [0, 0.1) is 0 Å². The number of carbonyl (C=O) groups is 1. The van der Waals surface area contributed by atoms with Gasteiger partial charge in [0.15, 0.2) is 0 Å². The van der Waals surface area contributed by atoms with E-state index in [4.69, 9.17) is 18.9 Å². The van der Waals surface area contributed by atoms with Crippen LogP contribution in [0.25, 0.3) is 0 Å². The second-order valence-electron chi connectivity index (χ2n) is 13.8. The van der Waals surface area contributed by atoms with Crippen molar-refractivity contribution in [3.63, 3.8) is 0 Å². The van der Waals surface area contributed by atoms with Gasteiger partial charge < -0.3 is 24.3 Å². The second-order valence-corrected chi connectivity index (χ2v) is 13.8. The molecule has 0 rings (SSSR count). The molecule has 0 bridgehead atoms. The second kappa shape index (κ2) is 34.5. The molecule has 0 saturated carbocycles. The number of rotatable bonds is 36. The lowest BCUT2D eigenvalue weighted by Crippen LogP contribution is -2.37. The Hall–Kier alpha value is -0.850. The molecule has 0 aliphatic carbocycles. The maximum absolute atomic E-state index is 12.3. The standard InChI is InChI=1S/C39H79NO5/c1-6-9-11-13-15-17-19-21-23-25-27-29-32-42-36-37(35-40-38(41)44-34-31-39(4,5)45-8-3)43-33-30-28-26-24-22-20-18-16-14-12-10-7-2/h37H,6-36H2,1-5H3,(H,40,41). The Morgan fingerprint density at radius 2 is 1.00 bits per heavy atom. The molecule has 0 aliphatic rings. The van der Waals surface area contributed by atoms with Crippen LogP contribution in [0.1, 0.15) is 195 Å². The fraction of sp³-hybridized carbons (Fsp3) is 0.974. The van der Waals surface area contributed by atoms with E-state index in [1.807, 2.05) is 20.8 Å². The number of nitrogens with one attached hydrogen (secondary N) is 1. The molecule has 0 radical (unpaired) electrons. The van der Waals surface area contributed by atoms with Gasteiger partial charge in [0.2, 0.25) is 0 Å². The van der Waals surface area contributed by atoms with E-state index in [0.29, 0.717) is 39.4 Å². The van der Waals surface area contributed by atoms with Crippen molar-refractivity contribution in [3.8, 4) is 0 Å². The minimum absolute atomic E-state index is 0.151. The Morgan fingerprint density at radius 1 is 0.578 bits per heavy atom. The van der Waals surface area contributed by atoms with Crippen LogP contribution in [-0.2, 0) is 18.9 Å². The molecular weight excluding hydrogens is 562 g/mol. The van der Waals surface area contributed by atoms with Crippen molar-refractivity contribution in [1.29, 1.82) is 0 Å². The molecule has 0 aliphatic heterocycles. The van der Waals surface area contributed by atoms with Gasteiger partial charge in [-0.3, -0.25) is 0 Å². The summed E-state index contributed by atoms with van der Waals surface area (Å²) < 4.78 is 23.3. The molecule has 1 unspecified atom stereocenters. The third-order valence-electron chi connectivity index (χ3n) is 8.74. The highest BCUT2D eigenvalue weighted by atomic mass is 16.6. The average Bonchev–Trinajstić information content (AvgIpc) is 3.01. The first kappa shape index (κ1) is 44.1. The highest BCUT2D eigenvalue weighted by Gasteiger charge is 2.18. The first-order valence-electron chi connectivity index (χ1n) is 19.7. The average molecular weight is 642 g/mol. The monoisotopic (exact) mass is 642 g/mol. The van der Waals surface area contributed by atoms with Crippen LogP contribution in [-0.4, -0.2) is 57.4 Å². The Balaban J connectivity index is 4.10. The van der Waals surface area contributed by atoms with E-state index >= 15 is 0 Å². The zero-order valence-corrected chi connectivity index (χ0v) is 31.0. The molecular formula is C39H79NO5. The number of alkyl carbamates (subject to hydrolysis) is 1. The number of amides is 1. The Labute approximate surface area is 281 Å². The zero-order chi connectivity index (χ0) is 33.1. The molecule has 6 nitrogen and oxygen atoms in total. The van der Waals surface area contributed by atoms with Gasteiger partial charge in [0.25, 0.3) is 0 Å². The van der Waals surface area contributed by atoms with Crippen LogP contribution in [0.3, 0.4) is 0 Å². The van der Waals surface area contributed by atoms with Gasteiger partial charge in [-0.1, -0.05) is 155 Å². The van der Waals surface area contributed by atoms with Crippen molar-refractivity contribution in [1.82, 2.24) is 5.32 Å². The lowest BCUT2D eigenvalue weighted by Gasteiger charge is -2.24. The van der Waals surface area contributed by atoms with Gasteiger partial charge in [0.05, 0.1) is 24.9 Å². The number of carbonyl (C=O) groups excluding carboxylic acids is 1. The van der Waals surface area contributed by atoms with E-state index < -0.39 is 6.09 Å². The van der Waals surface area contributed by atoms with Crippen molar-refractivity contribution < 1.29 is 23.7 Å². The van der Waals surface area contributed by atoms with E-state index in [9.17, 15) is 4.79 Å². The molecule has 0 aromatic carbocycles. The van der Waals surface area contributed by atoms with E-state index in [0.717, 1.165) is 19.4 Å². The third-order valence-corrected chi connectivity index (χ3v) is 8.74. The Kier molecular flexibility index (Phi) is 33.8. The molecule has 0 aromatic rings. The van der Waals surface area contributed by atoms with Crippen molar-refractivity contribution in [3.05, 3.63) is 0 Å². The molecule has 45 heavy (non-hydrogen) atoms. The first-order valence-corrected chi connectivity index (χ1v) is 19.7. The molecule has 1 N–H and O–H groups in total. The lowest BCUT2D eigenvalue weighted by molar-refractivity contribution is -0.0291. The third kappa shape index (κ3) is 34.3. The number of unbranched alkanes of at least 4 members (excludes halogenated alkanes) is 22. The summed E-state index contributed by atoms with van der Waals surface area (Å²) in [5.74, 6) is 0.